The minimum atomic E-state index is -3.72. The Morgan fingerprint density at radius 3 is 2.09 bits per heavy atom. The van der Waals surface area contributed by atoms with Gasteiger partial charge in [-0.25, -0.2) is 5.09 Å². The van der Waals surface area contributed by atoms with E-state index >= 15 is 0 Å². The maximum Gasteiger partial charge on any atom is 0.354 e. The van der Waals surface area contributed by atoms with Crippen LogP contribution in [0.3, 0.4) is 0 Å². The van der Waals surface area contributed by atoms with Crippen LogP contribution in [0.2, 0.25) is 0 Å². The summed E-state index contributed by atoms with van der Waals surface area (Å²) >= 11 is 0. The van der Waals surface area contributed by atoms with Gasteiger partial charge in [-0.2, -0.15) is 0 Å². The van der Waals surface area contributed by atoms with Crippen molar-refractivity contribution < 1.29 is 32.9 Å². The van der Waals surface area contributed by atoms with Crippen molar-refractivity contribution in [3.05, 3.63) is 88.5 Å². The van der Waals surface area contributed by atoms with Crippen molar-refractivity contribution in [1.29, 1.82) is 0 Å². The number of para-hydroxylation sites is 1. The van der Waals surface area contributed by atoms with E-state index in [-0.39, 0.29) is 24.3 Å². The summed E-state index contributed by atoms with van der Waals surface area (Å²) in [4.78, 5) is 24.7. The van der Waals surface area contributed by atoms with Gasteiger partial charge in [-0.05, 0) is 104 Å². The first kappa shape index (κ1) is 35.9. The molecule has 1 N–H and O–H groups in total. The van der Waals surface area contributed by atoms with Gasteiger partial charge in [-0.15, -0.1) is 0 Å². The highest BCUT2D eigenvalue weighted by atomic mass is 31.2. The number of aryl methyl sites for hydroxylation is 2. The molecule has 3 rings (SSSR count). The van der Waals surface area contributed by atoms with Gasteiger partial charge in [0, 0.05) is 6.42 Å². The summed E-state index contributed by atoms with van der Waals surface area (Å²) in [5.41, 5.74) is 5.28. The fourth-order valence-electron chi connectivity index (χ4n) is 4.94. The Balaban J connectivity index is 1.79. The van der Waals surface area contributed by atoms with Crippen molar-refractivity contribution >= 4 is 19.5 Å². The van der Waals surface area contributed by atoms with E-state index in [1.165, 1.54) is 0 Å². The number of hydrogen-bond acceptors (Lipinski definition) is 7. The molecule has 45 heavy (non-hydrogen) atoms. The quantitative estimate of drug-likeness (QED) is 0.0946. The Morgan fingerprint density at radius 1 is 0.867 bits per heavy atom. The molecule has 0 saturated heterocycles. The molecule has 8 nitrogen and oxygen atoms in total. The predicted octanol–water partition coefficient (Wildman–Crippen LogP) is 8.65. The normalized spacial score (nSPS) is 13.3. The van der Waals surface area contributed by atoms with E-state index < -0.39 is 19.5 Å². The van der Waals surface area contributed by atoms with Gasteiger partial charge in [-0.1, -0.05) is 65.0 Å². The first-order chi connectivity index (χ1) is 21.4. The van der Waals surface area contributed by atoms with Gasteiger partial charge >= 0.3 is 19.5 Å². The van der Waals surface area contributed by atoms with Gasteiger partial charge in [0.1, 0.15) is 29.4 Å². The van der Waals surface area contributed by atoms with Crippen molar-refractivity contribution in [2.24, 2.45) is 0 Å². The van der Waals surface area contributed by atoms with Crippen LogP contribution in [0, 0.1) is 13.8 Å². The predicted molar refractivity (Wildman–Crippen MR) is 178 cm³/mol. The minimum absolute atomic E-state index is 0.189. The number of hydrogen-bond donors (Lipinski definition) is 1. The third-order valence-electron chi connectivity index (χ3n) is 7.59. The van der Waals surface area contributed by atoms with Gasteiger partial charge < -0.3 is 18.7 Å². The molecular weight excluding hydrogens is 589 g/mol. The molecule has 3 aromatic rings. The van der Waals surface area contributed by atoms with Gasteiger partial charge in [0.25, 0.3) is 0 Å². The monoisotopic (exact) mass is 637 g/mol. The van der Waals surface area contributed by atoms with Crippen LogP contribution < -0.4 is 19.1 Å². The summed E-state index contributed by atoms with van der Waals surface area (Å²) < 4.78 is 37.2. The molecule has 0 fully saturated rings. The Bertz CT molecular complexity index is 1460. The highest BCUT2D eigenvalue weighted by Crippen LogP contribution is 2.44. The zero-order valence-corrected chi connectivity index (χ0v) is 28.7. The van der Waals surface area contributed by atoms with E-state index in [1.807, 2.05) is 58.0 Å². The van der Waals surface area contributed by atoms with Crippen molar-refractivity contribution in [2.45, 2.75) is 99.1 Å². The lowest BCUT2D eigenvalue weighted by Crippen LogP contribution is -2.37. The Morgan fingerprint density at radius 2 is 1.51 bits per heavy atom. The second-order valence-electron chi connectivity index (χ2n) is 11.6. The Labute approximate surface area is 268 Å². The maximum absolute atomic E-state index is 14.1. The topological polar surface area (TPSA) is 100 Å². The van der Waals surface area contributed by atoms with E-state index in [0.717, 1.165) is 27.8 Å². The molecule has 0 aromatic heterocycles. The molecule has 0 amide bonds. The first-order valence-corrected chi connectivity index (χ1v) is 17.6. The molecule has 3 aromatic carbocycles. The second-order valence-corrected chi connectivity index (χ2v) is 13.7. The number of carbonyl (C=O) groups excluding carboxylic acids is 2. The number of rotatable bonds is 16. The minimum Gasteiger partial charge on any atom is -0.481 e. The molecule has 0 aliphatic carbocycles. The molecule has 0 heterocycles. The average Bonchev–Trinajstić information content (AvgIpc) is 3.01. The lowest BCUT2D eigenvalue weighted by Gasteiger charge is -2.25. The van der Waals surface area contributed by atoms with Crippen molar-refractivity contribution in [2.75, 3.05) is 6.35 Å². The van der Waals surface area contributed by atoms with Gasteiger partial charge in [-0.3, -0.25) is 14.2 Å². The lowest BCUT2D eigenvalue weighted by molar-refractivity contribution is -0.151. The number of carbonyl (C=O) groups is 2. The van der Waals surface area contributed by atoms with E-state index in [4.69, 9.17) is 18.7 Å². The van der Waals surface area contributed by atoms with Crippen LogP contribution in [-0.2, 0) is 25.3 Å². The third kappa shape index (κ3) is 10.5. The largest absolute Gasteiger partial charge is 0.481 e. The Hall–Kier alpha value is -3.61. The van der Waals surface area contributed by atoms with Crippen LogP contribution in [-0.4, -0.2) is 30.4 Å². The smallest absolute Gasteiger partial charge is 0.354 e. The molecule has 0 saturated carbocycles. The van der Waals surface area contributed by atoms with E-state index in [1.54, 1.807) is 38.1 Å². The first-order valence-electron chi connectivity index (χ1n) is 15.8. The fraction of sp³-hybridized carbons (Fsp3) is 0.444. The standard InChI is InChI=1S/C36H48NO7P/c1-9-29(10-2)42-36(39)27(8)37-45(40,44-30-15-13-12-14-16-30)23-41-31-19-25(6)33(26(7)20-31)22-28-17-18-34(43-35(38)11-3)32(21-28)24(4)5/h12-21,24,27,29H,9-11,22-23H2,1-8H3,(H,37,40)/t27-,45?/m0/s1. The summed E-state index contributed by atoms with van der Waals surface area (Å²) in [6.45, 7) is 15.5. The average molecular weight is 638 g/mol. The van der Waals surface area contributed by atoms with Crippen LogP contribution in [0.1, 0.15) is 94.5 Å². The number of benzene rings is 3. The molecule has 9 heteroatoms. The molecule has 1 unspecified atom stereocenters. The second kappa shape index (κ2) is 16.6. The van der Waals surface area contributed by atoms with Crippen molar-refractivity contribution in [1.82, 2.24) is 5.09 Å². The SMILES string of the molecule is CCC(=O)Oc1ccc(Cc2c(C)cc(OCP(=O)(N[C@@H](C)C(=O)OC(CC)CC)Oc3ccccc3)cc2C)cc1C(C)C. The third-order valence-corrected chi connectivity index (χ3v) is 9.35. The summed E-state index contributed by atoms with van der Waals surface area (Å²) in [6, 6.07) is 17.7. The van der Waals surface area contributed by atoms with Crippen LogP contribution in [0.25, 0.3) is 0 Å². The summed E-state index contributed by atoms with van der Waals surface area (Å²) in [7, 11) is -3.72. The molecular formula is C36H48NO7P. The molecule has 0 spiro atoms. The molecule has 2 atom stereocenters. The number of esters is 2. The molecule has 0 radical (unpaired) electrons. The summed E-state index contributed by atoms with van der Waals surface area (Å²) in [5, 5.41) is 2.88. The number of nitrogens with one attached hydrogen (secondary N) is 1. The van der Waals surface area contributed by atoms with Gasteiger partial charge in [0.15, 0.2) is 6.35 Å². The van der Waals surface area contributed by atoms with Crippen LogP contribution in [0.15, 0.2) is 60.7 Å². The zero-order chi connectivity index (χ0) is 33.1. The van der Waals surface area contributed by atoms with Crippen molar-refractivity contribution in [3.63, 3.8) is 0 Å². The highest BCUT2D eigenvalue weighted by molar-refractivity contribution is 7.57. The van der Waals surface area contributed by atoms with Gasteiger partial charge in [0.2, 0.25) is 0 Å². The maximum atomic E-state index is 14.1. The molecule has 0 aliphatic heterocycles. The van der Waals surface area contributed by atoms with Crippen LogP contribution in [0.4, 0.5) is 0 Å². The molecule has 244 valence electrons. The van der Waals surface area contributed by atoms with E-state index in [9.17, 15) is 14.2 Å². The van der Waals surface area contributed by atoms with E-state index in [0.29, 0.717) is 42.9 Å². The zero-order valence-electron chi connectivity index (χ0n) is 27.8. The number of ether oxygens (including phenoxy) is 3. The highest BCUT2D eigenvalue weighted by Gasteiger charge is 2.32. The summed E-state index contributed by atoms with van der Waals surface area (Å²) in [6.07, 6.45) is 1.91. The van der Waals surface area contributed by atoms with Crippen LogP contribution >= 0.6 is 7.52 Å². The van der Waals surface area contributed by atoms with Crippen LogP contribution in [0.5, 0.6) is 17.2 Å². The lowest BCUT2D eigenvalue weighted by atomic mass is 9.93. The summed E-state index contributed by atoms with van der Waals surface area (Å²) in [5.74, 6) is 0.993. The van der Waals surface area contributed by atoms with Crippen molar-refractivity contribution in [3.8, 4) is 17.2 Å². The molecule has 0 aliphatic rings. The van der Waals surface area contributed by atoms with E-state index in [2.05, 4.69) is 25.0 Å². The van der Waals surface area contributed by atoms with Gasteiger partial charge in [0.05, 0.1) is 0 Å². The fourth-order valence-corrected chi connectivity index (χ4v) is 6.59. The Kier molecular flexibility index (Phi) is 13.3. The molecule has 0 bridgehead atoms.